The van der Waals surface area contributed by atoms with Crippen molar-refractivity contribution in [1.29, 1.82) is 0 Å². The molecule has 1 aromatic heterocycles. The SMILES string of the molecule is CC(=O)Nc1ccc(Nc2ccnc3cc(Br)ccc23)cc1. The lowest BCUT2D eigenvalue weighted by Gasteiger charge is -2.10. The Morgan fingerprint density at radius 3 is 2.50 bits per heavy atom. The van der Waals surface area contributed by atoms with Crippen molar-refractivity contribution in [3.8, 4) is 0 Å². The van der Waals surface area contributed by atoms with Crippen molar-refractivity contribution in [2.75, 3.05) is 10.6 Å². The molecule has 0 unspecified atom stereocenters. The van der Waals surface area contributed by atoms with Gasteiger partial charge in [-0.25, -0.2) is 0 Å². The van der Waals surface area contributed by atoms with Crippen LogP contribution in [0.1, 0.15) is 6.92 Å². The van der Waals surface area contributed by atoms with E-state index in [2.05, 4.69) is 31.5 Å². The minimum absolute atomic E-state index is 0.0774. The fourth-order valence-electron chi connectivity index (χ4n) is 2.23. The van der Waals surface area contributed by atoms with E-state index in [1.54, 1.807) is 6.20 Å². The van der Waals surface area contributed by atoms with Crippen molar-refractivity contribution in [3.63, 3.8) is 0 Å². The normalized spacial score (nSPS) is 10.5. The molecule has 0 bridgehead atoms. The highest BCUT2D eigenvalue weighted by atomic mass is 79.9. The molecule has 2 aromatic carbocycles. The number of anilines is 3. The lowest BCUT2D eigenvalue weighted by Crippen LogP contribution is -2.05. The van der Waals surface area contributed by atoms with Crippen LogP contribution in [0.25, 0.3) is 10.9 Å². The average Bonchev–Trinajstić information content (AvgIpc) is 2.48. The zero-order valence-electron chi connectivity index (χ0n) is 11.9. The van der Waals surface area contributed by atoms with Crippen molar-refractivity contribution in [2.45, 2.75) is 6.92 Å². The zero-order valence-corrected chi connectivity index (χ0v) is 13.5. The van der Waals surface area contributed by atoms with Gasteiger partial charge in [0.05, 0.1) is 5.52 Å². The van der Waals surface area contributed by atoms with Crippen molar-refractivity contribution >= 4 is 49.8 Å². The van der Waals surface area contributed by atoms with Crippen LogP contribution in [0.2, 0.25) is 0 Å². The first-order chi connectivity index (χ1) is 10.6. The largest absolute Gasteiger partial charge is 0.355 e. The van der Waals surface area contributed by atoms with Crippen LogP contribution in [0.4, 0.5) is 17.1 Å². The lowest BCUT2D eigenvalue weighted by molar-refractivity contribution is -0.114. The fourth-order valence-corrected chi connectivity index (χ4v) is 2.57. The topological polar surface area (TPSA) is 54.0 Å². The van der Waals surface area contributed by atoms with Crippen LogP contribution < -0.4 is 10.6 Å². The van der Waals surface area contributed by atoms with Crippen LogP contribution in [0.15, 0.2) is 59.2 Å². The number of amides is 1. The second-order valence-electron chi connectivity index (χ2n) is 4.90. The molecule has 0 aliphatic heterocycles. The fraction of sp³-hybridized carbons (Fsp3) is 0.0588. The van der Waals surface area contributed by atoms with E-state index in [0.717, 1.165) is 32.4 Å². The first-order valence-electron chi connectivity index (χ1n) is 6.81. The summed E-state index contributed by atoms with van der Waals surface area (Å²) in [6, 6.07) is 15.5. The Morgan fingerprint density at radius 1 is 1.05 bits per heavy atom. The van der Waals surface area contributed by atoms with Gasteiger partial charge in [-0.2, -0.15) is 0 Å². The number of aromatic nitrogens is 1. The van der Waals surface area contributed by atoms with Gasteiger partial charge in [-0.1, -0.05) is 15.9 Å². The van der Waals surface area contributed by atoms with Crippen LogP contribution in [-0.2, 0) is 4.79 Å². The van der Waals surface area contributed by atoms with Gasteiger partial charge in [-0.15, -0.1) is 0 Å². The molecular weight excluding hydrogens is 342 g/mol. The first kappa shape index (κ1) is 14.5. The van der Waals surface area contributed by atoms with Crippen molar-refractivity contribution < 1.29 is 4.79 Å². The quantitative estimate of drug-likeness (QED) is 0.715. The van der Waals surface area contributed by atoms with E-state index in [4.69, 9.17) is 0 Å². The Morgan fingerprint density at radius 2 is 1.77 bits per heavy atom. The Hall–Kier alpha value is -2.40. The molecule has 0 fully saturated rings. The molecule has 1 amide bonds. The Kier molecular flexibility index (Phi) is 4.06. The third kappa shape index (κ3) is 3.26. The predicted molar refractivity (Wildman–Crippen MR) is 93.5 cm³/mol. The van der Waals surface area contributed by atoms with E-state index < -0.39 is 0 Å². The molecular formula is C17H14BrN3O. The molecule has 4 nitrogen and oxygen atoms in total. The summed E-state index contributed by atoms with van der Waals surface area (Å²) < 4.78 is 1.00. The van der Waals surface area contributed by atoms with Crippen LogP contribution >= 0.6 is 15.9 Å². The monoisotopic (exact) mass is 355 g/mol. The molecule has 22 heavy (non-hydrogen) atoms. The minimum atomic E-state index is -0.0774. The van der Waals surface area contributed by atoms with E-state index in [0.29, 0.717) is 0 Å². The predicted octanol–water partition coefficient (Wildman–Crippen LogP) is 4.70. The number of hydrogen-bond acceptors (Lipinski definition) is 3. The molecule has 3 aromatic rings. The number of pyridine rings is 1. The van der Waals surface area contributed by atoms with Crippen LogP contribution in [0.5, 0.6) is 0 Å². The van der Waals surface area contributed by atoms with Crippen molar-refractivity contribution in [1.82, 2.24) is 4.98 Å². The second kappa shape index (κ2) is 6.15. The van der Waals surface area contributed by atoms with Crippen LogP contribution in [-0.4, -0.2) is 10.9 Å². The standard InChI is InChI=1S/C17H14BrN3O/c1-11(22)20-13-3-5-14(6-4-13)21-16-8-9-19-17-10-12(18)2-7-15(16)17/h2-10H,1H3,(H,19,21)(H,20,22). The molecule has 0 saturated carbocycles. The molecule has 0 aliphatic carbocycles. The molecule has 0 radical (unpaired) electrons. The van der Waals surface area contributed by atoms with Gasteiger partial charge in [0.2, 0.25) is 5.91 Å². The molecule has 0 atom stereocenters. The second-order valence-corrected chi connectivity index (χ2v) is 5.82. The van der Waals surface area contributed by atoms with E-state index in [1.807, 2.05) is 48.5 Å². The number of hydrogen-bond donors (Lipinski definition) is 2. The van der Waals surface area contributed by atoms with Crippen LogP contribution in [0, 0.1) is 0 Å². The van der Waals surface area contributed by atoms with Crippen molar-refractivity contribution in [2.24, 2.45) is 0 Å². The Bertz CT molecular complexity index is 831. The van der Waals surface area contributed by atoms with E-state index >= 15 is 0 Å². The number of rotatable bonds is 3. The number of halogens is 1. The molecule has 0 aliphatic rings. The third-order valence-corrected chi connectivity index (χ3v) is 3.68. The first-order valence-corrected chi connectivity index (χ1v) is 7.60. The van der Waals surface area contributed by atoms with E-state index in [1.165, 1.54) is 6.92 Å². The molecule has 110 valence electrons. The summed E-state index contributed by atoms with van der Waals surface area (Å²) in [5, 5.41) is 7.18. The molecule has 0 saturated heterocycles. The van der Waals surface area contributed by atoms with Crippen LogP contribution in [0.3, 0.4) is 0 Å². The summed E-state index contributed by atoms with van der Waals surface area (Å²) in [5.74, 6) is -0.0774. The highest BCUT2D eigenvalue weighted by molar-refractivity contribution is 9.10. The number of fused-ring (bicyclic) bond motifs is 1. The smallest absolute Gasteiger partial charge is 0.221 e. The maximum absolute atomic E-state index is 11.0. The molecule has 0 spiro atoms. The number of carbonyl (C=O) groups is 1. The number of benzene rings is 2. The van der Waals surface area contributed by atoms with Gasteiger partial charge < -0.3 is 10.6 Å². The summed E-state index contributed by atoms with van der Waals surface area (Å²) in [5.41, 5.74) is 3.64. The summed E-state index contributed by atoms with van der Waals surface area (Å²) in [6.45, 7) is 1.49. The molecule has 3 rings (SSSR count). The highest BCUT2D eigenvalue weighted by Crippen LogP contribution is 2.27. The summed E-state index contributed by atoms with van der Waals surface area (Å²) >= 11 is 3.46. The molecule has 5 heteroatoms. The summed E-state index contributed by atoms with van der Waals surface area (Å²) in [7, 11) is 0. The number of carbonyl (C=O) groups excluding carboxylic acids is 1. The zero-order chi connectivity index (χ0) is 15.5. The Labute approximate surface area is 136 Å². The van der Waals surface area contributed by atoms with Gasteiger partial charge in [0, 0.05) is 40.0 Å². The van der Waals surface area contributed by atoms with Gasteiger partial charge in [-0.05, 0) is 48.5 Å². The number of nitrogens with zero attached hydrogens (tertiary/aromatic N) is 1. The van der Waals surface area contributed by atoms with Gasteiger partial charge >= 0.3 is 0 Å². The van der Waals surface area contributed by atoms with E-state index in [9.17, 15) is 4.79 Å². The average molecular weight is 356 g/mol. The van der Waals surface area contributed by atoms with Gasteiger partial charge in [0.1, 0.15) is 0 Å². The van der Waals surface area contributed by atoms with E-state index in [-0.39, 0.29) is 5.91 Å². The maximum atomic E-state index is 11.0. The summed E-state index contributed by atoms with van der Waals surface area (Å²) in [4.78, 5) is 15.4. The van der Waals surface area contributed by atoms with Crippen molar-refractivity contribution in [3.05, 3.63) is 59.2 Å². The molecule has 1 heterocycles. The van der Waals surface area contributed by atoms with Gasteiger partial charge in [-0.3, -0.25) is 9.78 Å². The summed E-state index contributed by atoms with van der Waals surface area (Å²) in [6.07, 6.45) is 1.78. The van der Waals surface area contributed by atoms with Gasteiger partial charge in [0.15, 0.2) is 0 Å². The lowest BCUT2D eigenvalue weighted by atomic mass is 10.2. The number of nitrogens with one attached hydrogen (secondary N) is 2. The Balaban J connectivity index is 1.88. The molecule has 2 N–H and O–H groups in total. The maximum Gasteiger partial charge on any atom is 0.221 e. The third-order valence-electron chi connectivity index (χ3n) is 3.19. The highest BCUT2D eigenvalue weighted by Gasteiger charge is 2.03. The minimum Gasteiger partial charge on any atom is -0.355 e. The van der Waals surface area contributed by atoms with Gasteiger partial charge in [0.25, 0.3) is 0 Å².